The third-order valence-corrected chi connectivity index (χ3v) is 9.57. The fourth-order valence-electron chi connectivity index (χ4n) is 5.47. The molecule has 38 heavy (non-hydrogen) atoms. The number of piperidine rings is 1. The summed E-state index contributed by atoms with van der Waals surface area (Å²) in [6.45, 7) is 7.64. The van der Waals surface area contributed by atoms with Crippen LogP contribution in [0.25, 0.3) is 21.8 Å². The molecule has 4 aromatic rings. The molecule has 0 saturated carbocycles. The van der Waals surface area contributed by atoms with Crippen molar-refractivity contribution in [2.75, 3.05) is 25.5 Å². The van der Waals surface area contributed by atoms with Gasteiger partial charge in [-0.25, -0.2) is 8.42 Å². The number of benzene rings is 3. The van der Waals surface area contributed by atoms with Crippen LogP contribution in [0.5, 0.6) is 5.75 Å². The highest BCUT2D eigenvalue weighted by atomic mass is 32.2. The van der Waals surface area contributed by atoms with Gasteiger partial charge in [0.1, 0.15) is 10.6 Å². The molecule has 1 N–H and O–H groups in total. The van der Waals surface area contributed by atoms with Gasteiger partial charge in [-0.1, -0.05) is 38.1 Å². The molecule has 7 nitrogen and oxygen atoms in total. The second-order valence-electron chi connectivity index (χ2n) is 10.2. The monoisotopic (exact) mass is 533 g/mol. The van der Waals surface area contributed by atoms with Gasteiger partial charge in [0.15, 0.2) is 0 Å². The molecular weight excluding hydrogens is 498 g/mol. The number of aryl methyl sites for hydroxylation is 1. The van der Waals surface area contributed by atoms with E-state index in [4.69, 9.17) is 4.74 Å². The summed E-state index contributed by atoms with van der Waals surface area (Å²) in [6.07, 6.45) is 0.934. The van der Waals surface area contributed by atoms with Crippen LogP contribution in [0.4, 0.5) is 5.69 Å². The predicted molar refractivity (Wildman–Crippen MR) is 152 cm³/mol. The van der Waals surface area contributed by atoms with E-state index in [9.17, 15) is 13.2 Å². The lowest BCUT2D eigenvalue weighted by Crippen LogP contribution is -2.41. The molecule has 1 amide bonds. The number of carbonyl (C=O) groups excluding carboxylic acids is 1. The number of hydrogen-bond acceptors (Lipinski definition) is 4. The maximum atomic E-state index is 13.5. The zero-order chi connectivity index (χ0) is 27.0. The summed E-state index contributed by atoms with van der Waals surface area (Å²) in [7, 11) is -2.26. The highest BCUT2D eigenvalue weighted by Crippen LogP contribution is 2.34. The van der Waals surface area contributed by atoms with Gasteiger partial charge < -0.3 is 14.6 Å². The number of methoxy groups -OCH3 is 1. The second kappa shape index (κ2) is 10.4. The summed E-state index contributed by atoms with van der Waals surface area (Å²) in [5.41, 5.74) is 4.02. The van der Waals surface area contributed by atoms with Crippen molar-refractivity contribution >= 4 is 43.4 Å². The summed E-state index contributed by atoms with van der Waals surface area (Å²) < 4.78 is 36.2. The predicted octanol–water partition coefficient (Wildman–Crippen LogP) is 5.99. The van der Waals surface area contributed by atoms with Gasteiger partial charge in [-0.05, 0) is 67.6 Å². The molecule has 3 aromatic carbocycles. The Bertz CT molecular complexity index is 1600. The molecule has 2 heterocycles. The Morgan fingerprint density at radius 3 is 2.39 bits per heavy atom. The zero-order valence-corrected chi connectivity index (χ0v) is 23.2. The third kappa shape index (κ3) is 4.67. The van der Waals surface area contributed by atoms with Crippen LogP contribution in [0.3, 0.4) is 0 Å². The van der Waals surface area contributed by atoms with E-state index in [0.29, 0.717) is 31.7 Å². The van der Waals surface area contributed by atoms with E-state index in [1.807, 2.05) is 44.2 Å². The Hall–Kier alpha value is -3.36. The number of para-hydroxylation sites is 1. The Morgan fingerprint density at radius 1 is 1.00 bits per heavy atom. The topological polar surface area (TPSA) is 80.6 Å². The van der Waals surface area contributed by atoms with Crippen LogP contribution < -0.4 is 10.1 Å². The fraction of sp³-hybridized carbons (Fsp3) is 0.367. The van der Waals surface area contributed by atoms with Crippen LogP contribution in [-0.4, -0.2) is 43.4 Å². The lowest BCUT2D eigenvalue weighted by atomic mass is 9.97. The van der Waals surface area contributed by atoms with Crippen molar-refractivity contribution in [2.24, 2.45) is 5.92 Å². The van der Waals surface area contributed by atoms with E-state index < -0.39 is 10.0 Å². The van der Waals surface area contributed by atoms with E-state index in [2.05, 4.69) is 35.0 Å². The molecule has 1 aliphatic rings. The maximum Gasteiger partial charge on any atom is 0.246 e. The molecule has 0 bridgehead atoms. The lowest BCUT2D eigenvalue weighted by molar-refractivity contribution is -0.120. The van der Waals surface area contributed by atoms with Gasteiger partial charge in [0.2, 0.25) is 15.9 Å². The number of nitrogens with zero attached hydrogens (tertiary/aromatic N) is 2. The Balaban J connectivity index is 1.30. The minimum atomic E-state index is -3.74. The number of amides is 1. The first-order chi connectivity index (χ1) is 18.2. The summed E-state index contributed by atoms with van der Waals surface area (Å²) in [5.74, 6) is 0.217. The number of aromatic nitrogens is 1. The third-order valence-electron chi connectivity index (χ3n) is 7.65. The van der Waals surface area contributed by atoms with Crippen molar-refractivity contribution in [3.63, 3.8) is 0 Å². The molecule has 1 aliphatic heterocycles. The number of rotatable bonds is 7. The van der Waals surface area contributed by atoms with E-state index >= 15 is 0 Å². The largest absolute Gasteiger partial charge is 0.495 e. The van der Waals surface area contributed by atoms with Crippen molar-refractivity contribution in [1.29, 1.82) is 0 Å². The van der Waals surface area contributed by atoms with Crippen molar-refractivity contribution in [3.05, 3.63) is 66.2 Å². The normalized spacial score (nSPS) is 15.4. The maximum absolute atomic E-state index is 13.5. The van der Waals surface area contributed by atoms with Gasteiger partial charge in [-0.15, -0.1) is 0 Å². The van der Waals surface area contributed by atoms with Crippen molar-refractivity contribution in [2.45, 2.75) is 51.0 Å². The second-order valence-corrected chi connectivity index (χ2v) is 12.1. The van der Waals surface area contributed by atoms with Gasteiger partial charge in [0.25, 0.3) is 0 Å². The van der Waals surface area contributed by atoms with E-state index in [-0.39, 0.29) is 22.6 Å². The van der Waals surface area contributed by atoms with E-state index in [0.717, 1.165) is 34.1 Å². The molecule has 1 aromatic heterocycles. The Morgan fingerprint density at radius 2 is 1.71 bits per heavy atom. The van der Waals surface area contributed by atoms with Crippen LogP contribution in [0, 0.1) is 5.92 Å². The van der Waals surface area contributed by atoms with Crippen LogP contribution in [-0.2, 0) is 21.4 Å². The molecule has 200 valence electrons. The van der Waals surface area contributed by atoms with Gasteiger partial charge in [0, 0.05) is 53.0 Å². The first-order valence-corrected chi connectivity index (χ1v) is 14.7. The molecular formula is C30H35N3O4S. The summed E-state index contributed by atoms with van der Waals surface area (Å²) >= 11 is 0. The number of hydrogen-bond donors (Lipinski definition) is 1. The molecule has 5 rings (SSSR count). The molecule has 0 radical (unpaired) electrons. The SMILES string of the molecule is CCn1c2ccccc2c2cc(NC(=O)C3CCN(S(=O)(=O)c4cc(C(C)C)ccc4OC)CC3)ccc21. The minimum absolute atomic E-state index is 0.0694. The van der Waals surface area contributed by atoms with Crippen LogP contribution in [0.15, 0.2) is 65.6 Å². The van der Waals surface area contributed by atoms with Crippen molar-refractivity contribution in [3.8, 4) is 5.75 Å². The van der Waals surface area contributed by atoms with Crippen molar-refractivity contribution in [1.82, 2.24) is 8.87 Å². The quantitative estimate of drug-likeness (QED) is 0.317. The van der Waals surface area contributed by atoms with Crippen molar-refractivity contribution < 1.29 is 17.9 Å². The summed E-state index contributed by atoms with van der Waals surface area (Å²) in [5, 5.41) is 5.36. The minimum Gasteiger partial charge on any atom is -0.495 e. The van der Waals surface area contributed by atoms with Crippen LogP contribution >= 0.6 is 0 Å². The van der Waals surface area contributed by atoms with Gasteiger partial charge in [-0.2, -0.15) is 4.31 Å². The van der Waals surface area contributed by atoms with E-state index in [1.54, 1.807) is 12.1 Å². The highest BCUT2D eigenvalue weighted by molar-refractivity contribution is 7.89. The molecule has 1 saturated heterocycles. The summed E-state index contributed by atoms with van der Waals surface area (Å²) in [6, 6.07) is 19.7. The number of carbonyl (C=O) groups is 1. The number of fused-ring (bicyclic) bond motifs is 3. The van der Waals surface area contributed by atoms with Gasteiger partial charge >= 0.3 is 0 Å². The number of ether oxygens (including phenoxy) is 1. The number of nitrogens with one attached hydrogen (secondary N) is 1. The lowest BCUT2D eigenvalue weighted by Gasteiger charge is -2.31. The first-order valence-electron chi connectivity index (χ1n) is 13.2. The average molecular weight is 534 g/mol. The molecule has 0 aliphatic carbocycles. The number of anilines is 1. The Labute approximate surface area is 224 Å². The standard InChI is InChI=1S/C30H35N3O4S/c1-5-33-26-9-7-6-8-24(26)25-19-23(11-12-27(25)33)31-30(34)21-14-16-32(17-15-21)38(35,36)29-18-22(20(2)3)10-13-28(29)37-4/h6-13,18-21H,5,14-17H2,1-4H3,(H,31,34). The van der Waals surface area contributed by atoms with Crippen LogP contribution in [0.2, 0.25) is 0 Å². The first kappa shape index (κ1) is 26.3. The molecule has 8 heteroatoms. The zero-order valence-electron chi connectivity index (χ0n) is 22.4. The van der Waals surface area contributed by atoms with Gasteiger partial charge in [0.05, 0.1) is 7.11 Å². The molecule has 0 atom stereocenters. The fourth-order valence-corrected chi connectivity index (χ4v) is 7.13. The molecule has 1 fully saturated rings. The average Bonchev–Trinajstić information content (AvgIpc) is 3.25. The smallest absolute Gasteiger partial charge is 0.246 e. The highest BCUT2D eigenvalue weighted by Gasteiger charge is 2.34. The van der Waals surface area contributed by atoms with Gasteiger partial charge in [-0.3, -0.25) is 4.79 Å². The Kier molecular flexibility index (Phi) is 7.20. The summed E-state index contributed by atoms with van der Waals surface area (Å²) in [4.78, 5) is 13.4. The van der Waals surface area contributed by atoms with Crippen LogP contribution in [0.1, 0.15) is 45.1 Å². The molecule has 0 spiro atoms. The molecule has 0 unspecified atom stereocenters. The van der Waals surface area contributed by atoms with E-state index in [1.165, 1.54) is 16.9 Å². The number of sulfonamides is 1.